The number of sulfonamides is 1. The van der Waals surface area contributed by atoms with Crippen molar-refractivity contribution in [2.45, 2.75) is 18.2 Å². The Morgan fingerprint density at radius 3 is 2.80 bits per heavy atom. The van der Waals surface area contributed by atoms with Gasteiger partial charge in [-0.25, -0.2) is 13.4 Å². The number of benzene rings is 1. The standard InChI is InChI=1S/C14H13N3O2S/c1-2-11-5-3-6-12(9-11)17-20(18,19)14-7-4-8-16-13(14)10-15/h3-9,17H,2H2,1H3. The Hall–Kier alpha value is -2.39. The van der Waals surface area contributed by atoms with E-state index in [4.69, 9.17) is 5.26 Å². The molecule has 0 unspecified atom stereocenters. The van der Waals surface area contributed by atoms with E-state index in [0.717, 1.165) is 12.0 Å². The van der Waals surface area contributed by atoms with Crippen LogP contribution in [0.1, 0.15) is 18.2 Å². The molecule has 0 spiro atoms. The third-order valence-corrected chi connectivity index (χ3v) is 4.17. The highest BCUT2D eigenvalue weighted by Gasteiger charge is 2.19. The van der Waals surface area contributed by atoms with Crippen LogP contribution < -0.4 is 4.72 Å². The number of pyridine rings is 1. The fraction of sp³-hybridized carbons (Fsp3) is 0.143. The Morgan fingerprint density at radius 2 is 2.10 bits per heavy atom. The molecule has 0 bridgehead atoms. The van der Waals surface area contributed by atoms with Crippen molar-refractivity contribution in [3.63, 3.8) is 0 Å². The lowest BCUT2D eigenvalue weighted by atomic mass is 10.1. The summed E-state index contributed by atoms with van der Waals surface area (Å²) < 4.78 is 27.0. The van der Waals surface area contributed by atoms with Crippen molar-refractivity contribution in [1.82, 2.24) is 4.98 Å². The molecule has 0 aliphatic rings. The van der Waals surface area contributed by atoms with Gasteiger partial charge in [-0.2, -0.15) is 5.26 Å². The third kappa shape index (κ3) is 2.95. The van der Waals surface area contributed by atoms with E-state index >= 15 is 0 Å². The van der Waals surface area contributed by atoms with Crippen LogP contribution in [0.2, 0.25) is 0 Å². The minimum absolute atomic E-state index is 0.119. The predicted molar refractivity (Wildman–Crippen MR) is 75.6 cm³/mol. The maximum absolute atomic E-state index is 12.3. The fourth-order valence-electron chi connectivity index (χ4n) is 1.76. The number of nitrogens with one attached hydrogen (secondary N) is 1. The summed E-state index contributed by atoms with van der Waals surface area (Å²) >= 11 is 0. The largest absolute Gasteiger partial charge is 0.280 e. The first kappa shape index (κ1) is 14.0. The van der Waals surface area contributed by atoms with Crippen LogP contribution in [0.5, 0.6) is 0 Å². The van der Waals surface area contributed by atoms with Crippen LogP contribution in [-0.2, 0) is 16.4 Å². The van der Waals surface area contributed by atoms with E-state index in [0.29, 0.717) is 5.69 Å². The summed E-state index contributed by atoms with van der Waals surface area (Å²) in [4.78, 5) is 3.64. The molecular weight excluding hydrogens is 274 g/mol. The van der Waals surface area contributed by atoms with E-state index < -0.39 is 10.0 Å². The minimum atomic E-state index is -3.82. The van der Waals surface area contributed by atoms with Gasteiger partial charge in [-0.1, -0.05) is 19.1 Å². The number of nitrogens with zero attached hydrogens (tertiary/aromatic N) is 2. The normalized spacial score (nSPS) is 10.8. The van der Waals surface area contributed by atoms with E-state index in [-0.39, 0.29) is 10.6 Å². The molecule has 0 radical (unpaired) electrons. The molecule has 0 saturated heterocycles. The average Bonchev–Trinajstić information content (AvgIpc) is 2.47. The van der Waals surface area contributed by atoms with Crippen molar-refractivity contribution >= 4 is 15.7 Å². The predicted octanol–water partition coefficient (Wildman–Crippen LogP) is 2.32. The van der Waals surface area contributed by atoms with Crippen molar-refractivity contribution in [2.24, 2.45) is 0 Å². The second-order valence-corrected chi connectivity index (χ2v) is 5.77. The molecule has 0 fully saturated rings. The highest BCUT2D eigenvalue weighted by molar-refractivity contribution is 7.92. The number of nitriles is 1. The molecule has 102 valence electrons. The second-order valence-electron chi connectivity index (χ2n) is 4.12. The molecule has 1 aromatic heterocycles. The van der Waals surface area contributed by atoms with Crippen LogP contribution >= 0.6 is 0 Å². The molecule has 0 amide bonds. The van der Waals surface area contributed by atoms with Gasteiger partial charge in [-0.05, 0) is 36.2 Å². The van der Waals surface area contributed by atoms with Crippen molar-refractivity contribution in [2.75, 3.05) is 4.72 Å². The smallest absolute Gasteiger partial charge is 0.264 e. The Bertz CT molecular complexity index is 764. The van der Waals surface area contributed by atoms with Crippen molar-refractivity contribution in [3.8, 4) is 6.07 Å². The zero-order valence-electron chi connectivity index (χ0n) is 10.9. The zero-order chi connectivity index (χ0) is 14.6. The lowest BCUT2D eigenvalue weighted by Gasteiger charge is -2.09. The zero-order valence-corrected chi connectivity index (χ0v) is 11.7. The van der Waals surface area contributed by atoms with Crippen LogP contribution in [-0.4, -0.2) is 13.4 Å². The molecule has 20 heavy (non-hydrogen) atoms. The van der Waals surface area contributed by atoms with Gasteiger partial charge in [0.1, 0.15) is 11.0 Å². The molecule has 1 heterocycles. The SMILES string of the molecule is CCc1cccc(NS(=O)(=O)c2cccnc2C#N)c1. The number of rotatable bonds is 4. The number of hydrogen-bond donors (Lipinski definition) is 1. The van der Waals surface area contributed by atoms with Gasteiger partial charge in [0.15, 0.2) is 5.69 Å². The lowest BCUT2D eigenvalue weighted by molar-refractivity contribution is 0.600. The third-order valence-electron chi connectivity index (χ3n) is 2.75. The molecule has 5 nitrogen and oxygen atoms in total. The first-order valence-corrected chi connectivity index (χ1v) is 7.52. The van der Waals surface area contributed by atoms with E-state index in [2.05, 4.69) is 9.71 Å². The van der Waals surface area contributed by atoms with Gasteiger partial charge in [0, 0.05) is 11.9 Å². The second kappa shape index (κ2) is 5.72. The molecule has 2 aromatic rings. The number of hydrogen-bond acceptors (Lipinski definition) is 4. The van der Waals surface area contributed by atoms with E-state index in [1.807, 2.05) is 13.0 Å². The minimum Gasteiger partial charge on any atom is -0.280 e. The van der Waals surface area contributed by atoms with Gasteiger partial charge in [0.05, 0.1) is 0 Å². The molecule has 2 rings (SSSR count). The van der Waals surface area contributed by atoms with Crippen molar-refractivity contribution < 1.29 is 8.42 Å². The van der Waals surface area contributed by atoms with Crippen LogP contribution in [0.4, 0.5) is 5.69 Å². The maximum atomic E-state index is 12.3. The summed E-state index contributed by atoms with van der Waals surface area (Å²) in [7, 11) is -3.82. The Morgan fingerprint density at radius 1 is 1.30 bits per heavy atom. The topological polar surface area (TPSA) is 82.8 Å². The molecule has 6 heteroatoms. The molecule has 1 aromatic carbocycles. The van der Waals surface area contributed by atoms with Crippen molar-refractivity contribution in [1.29, 1.82) is 5.26 Å². The molecule has 1 N–H and O–H groups in total. The summed E-state index contributed by atoms with van der Waals surface area (Å²) in [6.45, 7) is 1.99. The van der Waals surface area contributed by atoms with Crippen molar-refractivity contribution in [3.05, 3.63) is 53.9 Å². The Kier molecular flexibility index (Phi) is 4.01. The van der Waals surface area contributed by atoms with Gasteiger partial charge in [-0.15, -0.1) is 0 Å². The first-order valence-electron chi connectivity index (χ1n) is 6.03. The monoisotopic (exact) mass is 287 g/mol. The highest BCUT2D eigenvalue weighted by atomic mass is 32.2. The Labute approximate surface area is 118 Å². The molecular formula is C14H13N3O2S. The average molecular weight is 287 g/mol. The van der Waals surface area contributed by atoms with Crippen LogP contribution in [0, 0.1) is 11.3 Å². The first-order chi connectivity index (χ1) is 9.56. The molecule has 0 aliphatic carbocycles. The highest BCUT2D eigenvalue weighted by Crippen LogP contribution is 2.18. The van der Waals surface area contributed by atoms with Gasteiger partial charge in [0.2, 0.25) is 0 Å². The van der Waals surface area contributed by atoms with Crippen LogP contribution in [0.15, 0.2) is 47.5 Å². The van der Waals surface area contributed by atoms with Gasteiger partial charge < -0.3 is 0 Å². The Balaban J connectivity index is 2.39. The molecule has 0 saturated carbocycles. The van der Waals surface area contributed by atoms with Crippen LogP contribution in [0.3, 0.4) is 0 Å². The summed E-state index contributed by atoms with van der Waals surface area (Å²) in [6, 6.07) is 11.8. The quantitative estimate of drug-likeness (QED) is 0.935. The number of aryl methyl sites for hydroxylation is 1. The van der Waals surface area contributed by atoms with Gasteiger partial charge in [-0.3, -0.25) is 4.72 Å². The molecule has 0 aliphatic heterocycles. The molecule has 0 atom stereocenters. The number of aromatic nitrogens is 1. The summed E-state index contributed by atoms with van der Waals surface area (Å²) in [5.41, 5.74) is 1.38. The fourth-order valence-corrected chi connectivity index (χ4v) is 2.91. The maximum Gasteiger partial charge on any atom is 0.264 e. The summed E-state index contributed by atoms with van der Waals surface area (Å²) in [5, 5.41) is 8.93. The van der Waals surface area contributed by atoms with Crippen LogP contribution in [0.25, 0.3) is 0 Å². The lowest BCUT2D eigenvalue weighted by Crippen LogP contribution is -2.15. The van der Waals surface area contributed by atoms with E-state index in [1.165, 1.54) is 18.3 Å². The van der Waals surface area contributed by atoms with Gasteiger partial charge >= 0.3 is 0 Å². The van der Waals surface area contributed by atoms with E-state index in [9.17, 15) is 8.42 Å². The van der Waals surface area contributed by atoms with Gasteiger partial charge in [0.25, 0.3) is 10.0 Å². The summed E-state index contributed by atoms with van der Waals surface area (Å²) in [6.07, 6.45) is 2.20. The number of anilines is 1. The van der Waals surface area contributed by atoms with E-state index in [1.54, 1.807) is 24.3 Å². The summed E-state index contributed by atoms with van der Waals surface area (Å²) in [5.74, 6) is 0.